The van der Waals surface area contributed by atoms with Crippen LogP contribution in [0.4, 0.5) is 0 Å². The van der Waals surface area contributed by atoms with Crippen LogP contribution in [0.2, 0.25) is 19.6 Å². The zero-order valence-corrected chi connectivity index (χ0v) is 26.3. The molecule has 0 fully saturated rings. The Morgan fingerprint density at radius 1 is 0.821 bits per heavy atom. The first-order valence-electron chi connectivity index (χ1n) is 12.9. The van der Waals surface area contributed by atoms with Gasteiger partial charge in [0.2, 0.25) is 5.71 Å². The van der Waals surface area contributed by atoms with Gasteiger partial charge in [-0.25, -0.2) is 4.98 Å². The van der Waals surface area contributed by atoms with Crippen LogP contribution < -0.4 is 5.19 Å². The summed E-state index contributed by atoms with van der Waals surface area (Å²) in [5.74, 6) is 0. The molecular formula is C33H31IrN3OSi-2. The van der Waals surface area contributed by atoms with Gasteiger partial charge in [-0.2, -0.15) is 0 Å². The van der Waals surface area contributed by atoms with Crippen molar-refractivity contribution in [1.82, 2.24) is 15.0 Å². The molecule has 0 saturated carbocycles. The van der Waals surface area contributed by atoms with Crippen molar-refractivity contribution in [2.75, 3.05) is 0 Å². The summed E-state index contributed by atoms with van der Waals surface area (Å²) >= 11 is 0. The summed E-state index contributed by atoms with van der Waals surface area (Å²) in [6.45, 7) is 11.4. The van der Waals surface area contributed by atoms with Crippen LogP contribution >= 0.6 is 0 Å². The van der Waals surface area contributed by atoms with E-state index in [1.54, 1.807) is 12.4 Å². The monoisotopic (exact) mass is 706 g/mol. The van der Waals surface area contributed by atoms with Crippen molar-refractivity contribution in [3.05, 3.63) is 109 Å². The van der Waals surface area contributed by atoms with E-state index in [1.165, 1.54) is 10.8 Å². The molecule has 0 spiro atoms. The smallest absolute Gasteiger partial charge is 0.216 e. The maximum absolute atomic E-state index is 5.90. The van der Waals surface area contributed by atoms with Gasteiger partial charge in [-0.3, -0.25) is 0 Å². The fourth-order valence-corrected chi connectivity index (χ4v) is 6.27. The number of aromatic nitrogens is 3. The Balaban J connectivity index is 0.000000178. The van der Waals surface area contributed by atoms with Crippen molar-refractivity contribution < 1.29 is 24.5 Å². The molecule has 0 unspecified atom stereocenters. The molecule has 0 aliphatic heterocycles. The third kappa shape index (κ3) is 6.25. The molecule has 4 heterocycles. The van der Waals surface area contributed by atoms with Crippen LogP contribution in [0.5, 0.6) is 0 Å². The van der Waals surface area contributed by atoms with Crippen LogP contribution in [0.15, 0.2) is 89.7 Å². The first kappa shape index (κ1) is 28.6. The number of benzene rings is 2. The van der Waals surface area contributed by atoms with E-state index in [0.717, 1.165) is 50.9 Å². The van der Waals surface area contributed by atoms with E-state index in [-0.39, 0.29) is 20.1 Å². The third-order valence-corrected chi connectivity index (χ3v) is 8.61. The molecule has 6 rings (SSSR count). The minimum Gasteiger partial charge on any atom is -0.486 e. The van der Waals surface area contributed by atoms with Gasteiger partial charge in [-0.05, 0) is 48.1 Å². The van der Waals surface area contributed by atoms with Gasteiger partial charge < -0.3 is 14.4 Å². The molecule has 0 N–H and O–H groups in total. The Morgan fingerprint density at radius 2 is 1.67 bits per heavy atom. The van der Waals surface area contributed by atoms with E-state index in [4.69, 9.17) is 4.42 Å². The first-order valence-corrected chi connectivity index (χ1v) is 16.4. The van der Waals surface area contributed by atoms with Gasteiger partial charge in [0.1, 0.15) is 0 Å². The van der Waals surface area contributed by atoms with E-state index in [9.17, 15) is 0 Å². The van der Waals surface area contributed by atoms with Gasteiger partial charge >= 0.3 is 0 Å². The van der Waals surface area contributed by atoms with E-state index < -0.39 is 8.07 Å². The summed E-state index contributed by atoms with van der Waals surface area (Å²) in [7, 11) is -1.30. The van der Waals surface area contributed by atoms with Gasteiger partial charge in [0, 0.05) is 44.1 Å². The molecule has 4 nitrogen and oxygen atoms in total. The van der Waals surface area contributed by atoms with E-state index in [0.29, 0.717) is 5.71 Å². The Labute approximate surface area is 244 Å². The minimum absolute atomic E-state index is 0. The van der Waals surface area contributed by atoms with Crippen LogP contribution in [0.1, 0.15) is 18.1 Å². The molecule has 0 atom stereocenters. The van der Waals surface area contributed by atoms with Crippen LogP contribution in [0.25, 0.3) is 44.6 Å². The normalized spacial score (nSPS) is 11.1. The molecule has 0 aliphatic carbocycles. The van der Waals surface area contributed by atoms with Crippen molar-refractivity contribution in [3.8, 4) is 22.5 Å². The number of rotatable bonds is 4. The second kappa shape index (κ2) is 12.2. The van der Waals surface area contributed by atoms with Gasteiger partial charge in [0.05, 0.1) is 13.7 Å². The quantitative estimate of drug-likeness (QED) is 0.139. The summed E-state index contributed by atoms with van der Waals surface area (Å²) in [5, 5.41) is 3.54. The number of aryl methyl sites for hydroxylation is 2. The number of nitrogens with zero attached hydrogens (tertiary/aromatic N) is 3. The number of furan rings is 1. The molecule has 2 aromatic carbocycles. The summed E-state index contributed by atoms with van der Waals surface area (Å²) in [6.07, 6.45) is 6.69. The zero-order valence-electron chi connectivity index (χ0n) is 22.9. The van der Waals surface area contributed by atoms with Crippen LogP contribution in [-0.2, 0) is 26.5 Å². The molecule has 6 aromatic rings. The van der Waals surface area contributed by atoms with Crippen molar-refractivity contribution in [3.63, 3.8) is 0 Å². The second-order valence-electron chi connectivity index (χ2n) is 10.4. The summed E-state index contributed by atoms with van der Waals surface area (Å²) in [4.78, 5) is 13.3. The van der Waals surface area contributed by atoms with Crippen LogP contribution in [0.3, 0.4) is 0 Å². The third-order valence-electron chi connectivity index (χ3n) is 6.54. The molecule has 4 aromatic heterocycles. The van der Waals surface area contributed by atoms with Gasteiger partial charge in [0.25, 0.3) is 0 Å². The van der Waals surface area contributed by atoms with Gasteiger partial charge in [0.15, 0.2) is 0 Å². The fraction of sp³-hybridized carbons (Fsp3) is 0.182. The molecule has 199 valence electrons. The fourth-order valence-electron chi connectivity index (χ4n) is 4.60. The Kier molecular flexibility index (Phi) is 8.91. The van der Waals surface area contributed by atoms with E-state index in [2.05, 4.69) is 72.0 Å². The zero-order chi connectivity index (χ0) is 26.7. The second-order valence-corrected chi connectivity index (χ2v) is 15.4. The number of hydrogen-bond acceptors (Lipinski definition) is 4. The average molecular weight is 706 g/mol. The van der Waals surface area contributed by atoms with Gasteiger partial charge in [-0.15, -0.1) is 54.1 Å². The predicted molar refractivity (Wildman–Crippen MR) is 159 cm³/mol. The van der Waals surface area contributed by atoms with E-state index >= 15 is 0 Å². The van der Waals surface area contributed by atoms with Crippen molar-refractivity contribution in [2.24, 2.45) is 0 Å². The Morgan fingerprint density at radius 3 is 2.38 bits per heavy atom. The molecule has 39 heavy (non-hydrogen) atoms. The summed E-state index contributed by atoms with van der Waals surface area (Å²) < 4.78 is 5.90. The van der Waals surface area contributed by atoms with Crippen molar-refractivity contribution in [1.29, 1.82) is 0 Å². The number of hydrogen-bond donors (Lipinski definition) is 0. The Hall–Kier alpha value is -3.44. The predicted octanol–water partition coefficient (Wildman–Crippen LogP) is 7.81. The van der Waals surface area contributed by atoms with E-state index in [1.807, 2.05) is 61.5 Å². The molecule has 6 heteroatoms. The summed E-state index contributed by atoms with van der Waals surface area (Å²) in [5.41, 5.74) is 7.91. The van der Waals surface area contributed by atoms with Crippen LogP contribution in [0, 0.1) is 19.1 Å². The van der Waals surface area contributed by atoms with Crippen molar-refractivity contribution in [2.45, 2.75) is 39.9 Å². The Bertz CT molecular complexity index is 1710. The average Bonchev–Trinajstić information content (AvgIpc) is 3.32. The maximum atomic E-state index is 5.90. The molecule has 1 radical (unpaired) electrons. The van der Waals surface area contributed by atoms with Crippen molar-refractivity contribution >= 4 is 35.3 Å². The van der Waals surface area contributed by atoms with Crippen LogP contribution in [-0.4, -0.2) is 23.0 Å². The first-order chi connectivity index (χ1) is 18.3. The number of fused-ring (bicyclic) bond motifs is 3. The van der Waals surface area contributed by atoms with Gasteiger partial charge in [-0.1, -0.05) is 60.8 Å². The topological polar surface area (TPSA) is 51.8 Å². The maximum Gasteiger partial charge on any atom is 0.216 e. The molecule has 0 aliphatic rings. The largest absolute Gasteiger partial charge is 0.486 e. The molecule has 0 saturated heterocycles. The molecule has 0 bridgehead atoms. The SMILES string of the molecule is CCc1cc(-c2[c-]cccc2)ncc1[Si](C)(C)C.Cc1ccnc(-c2[c-]ccc3c2oc2ncccc23)c1.[Ir]. The molecule has 0 amide bonds. The standard InChI is InChI=1S/C17H11N2O.C16H20NSi.Ir/c1-11-7-9-18-15(10-11)14-5-2-4-12-13-6-3-8-19-17(13)20-16(12)14;1-5-13-11-15(14-9-7-6-8-10-14)17-12-16(13)18(2,3)4;/h2-4,6-10H,1H3;6-9,11-12H,5H2,1-4H3;/q2*-1;. The number of pyridine rings is 3. The minimum atomic E-state index is -1.30. The summed E-state index contributed by atoms with van der Waals surface area (Å²) in [6, 6.07) is 28.6. The molecular weight excluding hydrogens is 675 g/mol.